The highest BCUT2D eigenvalue weighted by molar-refractivity contribution is 7.17. The third-order valence-electron chi connectivity index (χ3n) is 6.45. The first kappa shape index (κ1) is 19.2. The summed E-state index contributed by atoms with van der Waals surface area (Å²) in [5.41, 5.74) is 1.69. The Balaban J connectivity index is 1.36. The fourth-order valence-corrected chi connectivity index (χ4v) is 5.55. The van der Waals surface area contributed by atoms with Gasteiger partial charge in [-0.15, -0.1) is 11.3 Å². The predicted octanol–water partition coefficient (Wildman–Crippen LogP) is 3.76. The van der Waals surface area contributed by atoms with Crippen molar-refractivity contribution in [2.75, 3.05) is 18.4 Å². The van der Waals surface area contributed by atoms with E-state index in [0.29, 0.717) is 28.9 Å². The monoisotopic (exact) mass is 420 g/mol. The number of benzene rings is 1. The van der Waals surface area contributed by atoms with Crippen molar-refractivity contribution in [3.05, 3.63) is 59.2 Å². The molecule has 6 nitrogen and oxygen atoms in total. The van der Waals surface area contributed by atoms with Crippen molar-refractivity contribution >= 4 is 38.9 Å². The summed E-state index contributed by atoms with van der Waals surface area (Å²) < 4.78 is 0.936. The van der Waals surface area contributed by atoms with Crippen LogP contribution in [-0.4, -0.2) is 46.9 Å². The van der Waals surface area contributed by atoms with Crippen LogP contribution >= 0.6 is 11.3 Å². The normalized spacial score (nSPS) is 25.2. The lowest BCUT2D eigenvalue weighted by Crippen LogP contribution is -2.62. The maximum Gasteiger partial charge on any atom is 0.270 e. The van der Waals surface area contributed by atoms with Gasteiger partial charge in [0.15, 0.2) is 0 Å². The van der Waals surface area contributed by atoms with Gasteiger partial charge in [0.2, 0.25) is 0 Å². The third kappa shape index (κ3) is 3.48. The predicted molar refractivity (Wildman–Crippen MR) is 119 cm³/mol. The van der Waals surface area contributed by atoms with Gasteiger partial charge < -0.3 is 10.6 Å². The number of aromatic nitrogens is 1. The molecule has 0 aliphatic carbocycles. The van der Waals surface area contributed by atoms with Crippen LogP contribution in [0, 0.1) is 5.92 Å². The molecule has 6 rings (SSSR count). The van der Waals surface area contributed by atoms with E-state index in [9.17, 15) is 9.59 Å². The number of piperidine rings is 3. The number of anilines is 1. The summed E-state index contributed by atoms with van der Waals surface area (Å²) in [5, 5.41) is 8.93. The summed E-state index contributed by atoms with van der Waals surface area (Å²) in [6.45, 7) is 4.45. The van der Waals surface area contributed by atoms with E-state index in [2.05, 4.69) is 27.4 Å². The molecule has 2 aromatic heterocycles. The van der Waals surface area contributed by atoms with Gasteiger partial charge in [0.1, 0.15) is 5.69 Å². The van der Waals surface area contributed by atoms with Crippen molar-refractivity contribution in [1.29, 1.82) is 0 Å². The Kier molecular flexibility index (Phi) is 5.00. The van der Waals surface area contributed by atoms with E-state index < -0.39 is 0 Å². The number of thiophene rings is 1. The third-order valence-corrected chi connectivity index (χ3v) is 7.39. The maximum atomic E-state index is 13.0. The highest BCUT2D eigenvalue weighted by atomic mass is 32.1. The Morgan fingerprint density at radius 3 is 2.63 bits per heavy atom. The van der Waals surface area contributed by atoms with Crippen molar-refractivity contribution in [3.63, 3.8) is 0 Å². The van der Waals surface area contributed by atoms with E-state index in [1.807, 2.05) is 23.6 Å². The number of carbonyl (C=O) groups excluding carboxylic acids is 2. The molecule has 1 aromatic carbocycles. The summed E-state index contributed by atoms with van der Waals surface area (Å²) in [6, 6.07) is 11.4. The largest absolute Gasteiger partial charge is 0.346 e. The van der Waals surface area contributed by atoms with Gasteiger partial charge in [-0.1, -0.05) is 18.2 Å². The zero-order valence-electron chi connectivity index (χ0n) is 16.8. The molecule has 154 valence electrons. The second kappa shape index (κ2) is 7.81. The number of hydrogen-bond acceptors (Lipinski definition) is 5. The van der Waals surface area contributed by atoms with Gasteiger partial charge in [-0.3, -0.25) is 14.5 Å². The summed E-state index contributed by atoms with van der Waals surface area (Å²) in [7, 11) is 0. The first-order valence-electron chi connectivity index (χ1n) is 10.4. The Morgan fingerprint density at radius 2 is 1.90 bits per heavy atom. The van der Waals surface area contributed by atoms with Crippen molar-refractivity contribution in [1.82, 2.24) is 15.2 Å². The summed E-state index contributed by atoms with van der Waals surface area (Å²) >= 11 is 1.50. The second-order valence-electron chi connectivity index (χ2n) is 8.15. The molecule has 3 fully saturated rings. The number of carbonyl (C=O) groups is 2. The molecule has 3 saturated heterocycles. The Morgan fingerprint density at radius 1 is 1.13 bits per heavy atom. The van der Waals surface area contributed by atoms with Crippen LogP contribution in [0.5, 0.6) is 0 Å². The van der Waals surface area contributed by atoms with Gasteiger partial charge in [0.25, 0.3) is 11.8 Å². The summed E-state index contributed by atoms with van der Waals surface area (Å²) in [6.07, 6.45) is 4.00. The van der Waals surface area contributed by atoms with Crippen molar-refractivity contribution in [2.24, 2.45) is 5.92 Å². The van der Waals surface area contributed by atoms with Gasteiger partial charge >= 0.3 is 0 Å². The van der Waals surface area contributed by atoms with Crippen LogP contribution in [-0.2, 0) is 0 Å². The Hall–Kier alpha value is -2.77. The number of amides is 2. The van der Waals surface area contributed by atoms with Gasteiger partial charge in [-0.25, -0.2) is 4.98 Å². The van der Waals surface area contributed by atoms with Gasteiger partial charge in [0, 0.05) is 34.6 Å². The molecule has 5 heterocycles. The van der Waals surface area contributed by atoms with Crippen LogP contribution in [0.4, 0.5) is 5.69 Å². The first-order chi connectivity index (χ1) is 14.6. The number of pyridine rings is 1. The minimum Gasteiger partial charge on any atom is -0.346 e. The SMILES string of the molecule is CC1C(NC(=O)c2cc3c(NC(=O)c4ccccc4)csc3cn2)C2CCN1CC2. The molecule has 0 saturated carbocycles. The number of hydrogen-bond donors (Lipinski definition) is 2. The van der Waals surface area contributed by atoms with E-state index in [1.165, 1.54) is 11.3 Å². The number of rotatable bonds is 4. The fraction of sp³-hybridized carbons (Fsp3) is 0.348. The van der Waals surface area contributed by atoms with Crippen LogP contribution in [0.2, 0.25) is 0 Å². The molecular formula is C23H24N4O2S. The molecule has 0 spiro atoms. The highest BCUT2D eigenvalue weighted by Gasteiger charge is 2.40. The first-order valence-corrected chi connectivity index (χ1v) is 11.3. The molecule has 30 heavy (non-hydrogen) atoms. The van der Waals surface area contributed by atoms with Crippen LogP contribution in [0.15, 0.2) is 48.0 Å². The zero-order valence-corrected chi connectivity index (χ0v) is 17.6. The topological polar surface area (TPSA) is 74.3 Å². The van der Waals surface area contributed by atoms with E-state index in [4.69, 9.17) is 0 Å². The molecule has 2 unspecified atom stereocenters. The molecule has 3 aliphatic heterocycles. The van der Waals surface area contributed by atoms with E-state index in [-0.39, 0.29) is 17.9 Å². The van der Waals surface area contributed by atoms with Crippen molar-refractivity contribution in [3.8, 4) is 0 Å². The Bertz CT molecular complexity index is 1090. The number of nitrogens with one attached hydrogen (secondary N) is 2. The van der Waals surface area contributed by atoms with Gasteiger partial charge in [0.05, 0.1) is 10.4 Å². The van der Waals surface area contributed by atoms with Crippen molar-refractivity contribution < 1.29 is 9.59 Å². The van der Waals surface area contributed by atoms with Crippen LogP contribution < -0.4 is 10.6 Å². The molecule has 2 amide bonds. The minimum atomic E-state index is -0.167. The number of nitrogens with zero attached hydrogens (tertiary/aromatic N) is 2. The highest BCUT2D eigenvalue weighted by Crippen LogP contribution is 2.33. The molecule has 2 N–H and O–H groups in total. The lowest BCUT2D eigenvalue weighted by atomic mass is 9.79. The fourth-order valence-electron chi connectivity index (χ4n) is 4.71. The zero-order chi connectivity index (χ0) is 20.7. The average molecular weight is 421 g/mol. The van der Waals surface area contributed by atoms with Gasteiger partial charge in [-0.05, 0) is 57.0 Å². The number of fused-ring (bicyclic) bond motifs is 4. The lowest BCUT2D eigenvalue weighted by molar-refractivity contribution is 0.0216. The van der Waals surface area contributed by atoms with Crippen LogP contribution in [0.25, 0.3) is 10.1 Å². The smallest absolute Gasteiger partial charge is 0.270 e. The van der Waals surface area contributed by atoms with Crippen LogP contribution in [0.1, 0.15) is 40.6 Å². The van der Waals surface area contributed by atoms with Crippen molar-refractivity contribution in [2.45, 2.75) is 31.8 Å². The summed E-state index contributed by atoms with van der Waals surface area (Å²) in [5.74, 6) is 0.229. The van der Waals surface area contributed by atoms with E-state index in [1.54, 1.807) is 24.4 Å². The summed E-state index contributed by atoms with van der Waals surface area (Å²) in [4.78, 5) is 32.4. The Labute approximate surface area is 179 Å². The maximum absolute atomic E-state index is 13.0. The molecule has 3 aromatic rings. The van der Waals surface area contributed by atoms with Gasteiger partial charge in [-0.2, -0.15) is 0 Å². The average Bonchev–Trinajstić information content (AvgIpc) is 3.19. The van der Waals surface area contributed by atoms with E-state index in [0.717, 1.165) is 36.0 Å². The standard InChI is InChI=1S/C23H24N4O2S/c1-14-21(15-7-9-27(14)10-8-15)26-23(29)18-11-17-19(13-30-20(17)12-24-18)25-22(28)16-5-3-2-4-6-16/h2-6,11-15,21H,7-10H2,1H3,(H,25,28)(H,26,29). The molecule has 2 atom stereocenters. The molecule has 0 radical (unpaired) electrons. The molecule has 2 bridgehead atoms. The quantitative estimate of drug-likeness (QED) is 0.674. The molecule has 7 heteroatoms. The lowest BCUT2D eigenvalue weighted by Gasteiger charge is -2.49. The van der Waals surface area contributed by atoms with E-state index >= 15 is 0 Å². The minimum absolute atomic E-state index is 0.144. The molecule has 3 aliphatic rings. The molecular weight excluding hydrogens is 396 g/mol. The van der Waals surface area contributed by atoms with Crippen LogP contribution in [0.3, 0.4) is 0 Å². The second-order valence-corrected chi connectivity index (χ2v) is 9.06.